The molecule has 2 aromatic carbocycles. The zero-order chi connectivity index (χ0) is 19.0. The molecule has 2 heterocycles. The van der Waals surface area contributed by atoms with E-state index in [0.29, 0.717) is 21.9 Å². The predicted molar refractivity (Wildman–Crippen MR) is 112 cm³/mol. The standard InChI is InChI=1S/C20H15ClN4OS/c1-26-16-5-3-2-4-13(16)14-10-15(11-6-8-12(21)9-7-11)23-19-17(14)18(22)24-20(27)25-19/h2-10H,1H3,(H3,22,23,24,25,27). The lowest BCUT2D eigenvalue weighted by atomic mass is 9.99. The number of ether oxygens (including phenoxy) is 1. The number of fused-ring (bicyclic) bond motifs is 1. The third-order valence-electron chi connectivity index (χ3n) is 4.26. The first kappa shape index (κ1) is 17.5. The molecule has 3 N–H and O–H groups in total. The summed E-state index contributed by atoms with van der Waals surface area (Å²) >= 11 is 11.2. The van der Waals surface area contributed by atoms with Crippen molar-refractivity contribution in [1.82, 2.24) is 15.0 Å². The molecule has 0 saturated heterocycles. The van der Waals surface area contributed by atoms with Gasteiger partial charge in [-0.2, -0.15) is 4.98 Å². The number of hydrogen-bond donors (Lipinski definition) is 2. The van der Waals surface area contributed by atoms with E-state index >= 15 is 0 Å². The van der Waals surface area contributed by atoms with E-state index in [9.17, 15) is 0 Å². The normalized spacial score (nSPS) is 10.9. The molecule has 0 aliphatic rings. The highest BCUT2D eigenvalue weighted by atomic mass is 35.5. The van der Waals surface area contributed by atoms with Crippen LogP contribution in [0, 0.1) is 4.77 Å². The SMILES string of the molecule is COc1ccccc1-c1cc(-c2ccc(Cl)cc2)nc2nc(=S)[nH]c(N)c12. The first-order chi connectivity index (χ1) is 13.1. The van der Waals surface area contributed by atoms with Crippen LogP contribution in [0.3, 0.4) is 0 Å². The fourth-order valence-electron chi connectivity index (χ4n) is 3.03. The minimum Gasteiger partial charge on any atom is -0.496 e. The number of nitrogen functional groups attached to an aromatic ring is 1. The van der Waals surface area contributed by atoms with Gasteiger partial charge in [0.15, 0.2) is 10.4 Å². The monoisotopic (exact) mass is 394 g/mol. The fourth-order valence-corrected chi connectivity index (χ4v) is 3.35. The summed E-state index contributed by atoms with van der Waals surface area (Å²) in [6.45, 7) is 0. The Balaban J connectivity index is 2.09. The van der Waals surface area contributed by atoms with Gasteiger partial charge in [0, 0.05) is 21.7 Å². The number of halogens is 1. The van der Waals surface area contributed by atoms with E-state index in [0.717, 1.165) is 28.1 Å². The lowest BCUT2D eigenvalue weighted by Crippen LogP contribution is -2.00. The number of H-pyrrole nitrogens is 1. The smallest absolute Gasteiger partial charge is 0.200 e. The number of nitrogens with one attached hydrogen (secondary N) is 1. The van der Waals surface area contributed by atoms with Crippen molar-refractivity contribution < 1.29 is 4.74 Å². The van der Waals surface area contributed by atoms with Crippen LogP contribution in [-0.4, -0.2) is 22.1 Å². The van der Waals surface area contributed by atoms with Crippen molar-refractivity contribution >= 4 is 40.7 Å². The minimum atomic E-state index is 0.284. The molecule has 0 aliphatic carbocycles. The van der Waals surface area contributed by atoms with Crippen molar-refractivity contribution in [3.05, 3.63) is 64.4 Å². The number of hydrogen-bond acceptors (Lipinski definition) is 5. The van der Waals surface area contributed by atoms with Gasteiger partial charge in [0.25, 0.3) is 0 Å². The Morgan fingerprint density at radius 3 is 2.52 bits per heavy atom. The molecule has 0 fully saturated rings. The van der Waals surface area contributed by atoms with Crippen LogP contribution in [0.2, 0.25) is 5.02 Å². The Morgan fingerprint density at radius 1 is 1.04 bits per heavy atom. The Morgan fingerprint density at radius 2 is 1.78 bits per heavy atom. The molecule has 0 aliphatic heterocycles. The van der Waals surface area contributed by atoms with Crippen LogP contribution in [0.1, 0.15) is 0 Å². The van der Waals surface area contributed by atoms with Crippen LogP contribution in [0.25, 0.3) is 33.4 Å². The van der Waals surface area contributed by atoms with Crippen LogP contribution in [0.15, 0.2) is 54.6 Å². The number of rotatable bonds is 3. The van der Waals surface area contributed by atoms with E-state index in [1.807, 2.05) is 54.6 Å². The second kappa shape index (κ2) is 6.98. The topological polar surface area (TPSA) is 76.8 Å². The van der Waals surface area contributed by atoms with Crippen molar-refractivity contribution in [2.75, 3.05) is 12.8 Å². The molecule has 0 unspecified atom stereocenters. The molecule has 0 saturated carbocycles. The summed E-state index contributed by atoms with van der Waals surface area (Å²) in [7, 11) is 1.64. The Hall–Kier alpha value is -2.96. The van der Waals surface area contributed by atoms with Gasteiger partial charge in [-0.3, -0.25) is 0 Å². The molecule has 7 heteroatoms. The number of nitrogens with two attached hydrogens (primary N) is 1. The van der Waals surface area contributed by atoms with Crippen LogP contribution < -0.4 is 10.5 Å². The van der Waals surface area contributed by atoms with E-state index in [4.69, 9.17) is 34.3 Å². The lowest BCUT2D eigenvalue weighted by molar-refractivity contribution is 0.416. The second-order valence-corrected chi connectivity index (χ2v) is 6.74. The maximum Gasteiger partial charge on any atom is 0.200 e. The van der Waals surface area contributed by atoms with Gasteiger partial charge in [0.1, 0.15) is 11.6 Å². The minimum absolute atomic E-state index is 0.284. The van der Waals surface area contributed by atoms with Crippen molar-refractivity contribution in [2.45, 2.75) is 0 Å². The van der Waals surface area contributed by atoms with Gasteiger partial charge in [-0.15, -0.1) is 0 Å². The van der Waals surface area contributed by atoms with E-state index in [1.54, 1.807) is 7.11 Å². The Labute approximate surface area is 165 Å². The first-order valence-electron chi connectivity index (χ1n) is 8.16. The molecule has 0 bridgehead atoms. The van der Waals surface area contributed by atoms with Gasteiger partial charge in [-0.05, 0) is 36.5 Å². The first-order valence-corrected chi connectivity index (χ1v) is 8.95. The van der Waals surface area contributed by atoms with Crippen LogP contribution in [0.4, 0.5) is 5.82 Å². The zero-order valence-corrected chi connectivity index (χ0v) is 15.9. The molecule has 5 nitrogen and oxygen atoms in total. The number of anilines is 1. The van der Waals surface area contributed by atoms with Gasteiger partial charge >= 0.3 is 0 Å². The molecule has 134 valence electrons. The van der Waals surface area contributed by atoms with Crippen LogP contribution >= 0.6 is 23.8 Å². The van der Waals surface area contributed by atoms with Crippen molar-refractivity contribution in [2.24, 2.45) is 0 Å². The highest BCUT2D eigenvalue weighted by molar-refractivity contribution is 7.71. The molecule has 0 amide bonds. The largest absolute Gasteiger partial charge is 0.496 e. The summed E-state index contributed by atoms with van der Waals surface area (Å²) in [5.41, 5.74) is 10.1. The highest BCUT2D eigenvalue weighted by Crippen LogP contribution is 2.38. The number of pyridine rings is 1. The predicted octanol–water partition coefficient (Wildman–Crippen LogP) is 5.27. The second-order valence-electron chi connectivity index (χ2n) is 5.92. The number of para-hydroxylation sites is 1. The maximum atomic E-state index is 6.23. The van der Waals surface area contributed by atoms with E-state index in [2.05, 4.69) is 15.0 Å². The van der Waals surface area contributed by atoms with E-state index < -0.39 is 0 Å². The number of aromatic nitrogens is 3. The molecular formula is C20H15ClN4OS. The average Bonchev–Trinajstić information content (AvgIpc) is 2.67. The number of benzene rings is 2. The Kier molecular flexibility index (Phi) is 4.51. The number of aromatic amines is 1. The summed E-state index contributed by atoms with van der Waals surface area (Å²) in [6, 6.07) is 17.2. The third kappa shape index (κ3) is 3.25. The molecule has 0 spiro atoms. The van der Waals surface area contributed by atoms with E-state index in [1.165, 1.54) is 0 Å². The average molecular weight is 395 g/mol. The van der Waals surface area contributed by atoms with Gasteiger partial charge in [-0.1, -0.05) is 41.9 Å². The lowest BCUT2D eigenvalue weighted by Gasteiger charge is -2.14. The molecule has 4 aromatic rings. The summed E-state index contributed by atoms with van der Waals surface area (Å²) in [4.78, 5) is 12.0. The highest BCUT2D eigenvalue weighted by Gasteiger charge is 2.16. The summed E-state index contributed by atoms with van der Waals surface area (Å²) in [6.07, 6.45) is 0. The van der Waals surface area contributed by atoms with Gasteiger partial charge < -0.3 is 15.5 Å². The summed E-state index contributed by atoms with van der Waals surface area (Å²) < 4.78 is 5.83. The quantitative estimate of drug-likeness (QED) is 0.463. The molecule has 2 aromatic heterocycles. The van der Waals surface area contributed by atoms with Gasteiger partial charge in [0.05, 0.1) is 18.2 Å². The van der Waals surface area contributed by atoms with Gasteiger partial charge in [-0.25, -0.2) is 4.98 Å². The summed E-state index contributed by atoms with van der Waals surface area (Å²) in [5, 5.41) is 1.36. The zero-order valence-electron chi connectivity index (χ0n) is 14.4. The number of nitrogens with zero attached hydrogens (tertiary/aromatic N) is 2. The number of methoxy groups -OCH3 is 1. The molecular weight excluding hydrogens is 380 g/mol. The fraction of sp³-hybridized carbons (Fsp3) is 0.0500. The van der Waals surface area contributed by atoms with Gasteiger partial charge in [0.2, 0.25) is 0 Å². The van der Waals surface area contributed by atoms with Crippen molar-refractivity contribution in [1.29, 1.82) is 0 Å². The molecule has 0 atom stereocenters. The molecule has 27 heavy (non-hydrogen) atoms. The Bertz CT molecular complexity index is 1200. The van der Waals surface area contributed by atoms with Crippen molar-refractivity contribution in [3.63, 3.8) is 0 Å². The molecule has 4 rings (SSSR count). The van der Waals surface area contributed by atoms with Crippen LogP contribution in [-0.2, 0) is 0 Å². The summed E-state index contributed by atoms with van der Waals surface area (Å²) in [5.74, 6) is 1.15. The van der Waals surface area contributed by atoms with E-state index in [-0.39, 0.29) is 4.77 Å². The van der Waals surface area contributed by atoms with Crippen molar-refractivity contribution in [3.8, 4) is 28.1 Å². The van der Waals surface area contributed by atoms with Crippen LogP contribution in [0.5, 0.6) is 5.75 Å². The third-order valence-corrected chi connectivity index (χ3v) is 4.70. The maximum absolute atomic E-state index is 6.23. The molecule has 0 radical (unpaired) electrons.